The van der Waals surface area contributed by atoms with Gasteiger partial charge in [0.25, 0.3) is 0 Å². The number of carbonyl (C=O) groups is 1. The Bertz CT molecular complexity index is 280. The molecule has 72 valence electrons. The third-order valence-corrected chi connectivity index (χ3v) is 4.02. The van der Waals surface area contributed by atoms with Gasteiger partial charge in [0.2, 0.25) is 0 Å². The van der Waals surface area contributed by atoms with Crippen LogP contribution >= 0.6 is 0 Å². The van der Waals surface area contributed by atoms with Gasteiger partial charge < -0.3 is 4.79 Å². The molecule has 1 nitrogen and oxygen atoms in total. The maximum Gasteiger partial charge on any atom is 0.116 e. The van der Waals surface area contributed by atoms with Crippen LogP contribution in [0, 0.1) is 0 Å². The van der Waals surface area contributed by atoms with Crippen molar-refractivity contribution in [3.8, 4) is 0 Å². The van der Waals surface area contributed by atoms with Crippen LogP contribution in [0.25, 0.3) is 0 Å². The molecule has 2 aliphatic rings. The topological polar surface area (TPSA) is 17.1 Å². The van der Waals surface area contributed by atoms with Crippen molar-refractivity contribution < 1.29 is 23.9 Å². The van der Waals surface area contributed by atoms with Crippen molar-refractivity contribution >= 4 is 6.29 Å². The molecule has 0 saturated carbocycles. The van der Waals surface area contributed by atoms with Gasteiger partial charge in [0, 0.05) is 0 Å². The van der Waals surface area contributed by atoms with Crippen LogP contribution in [0.15, 0.2) is 44.2 Å². The van der Waals surface area contributed by atoms with E-state index < -0.39 is 0 Å². The van der Waals surface area contributed by atoms with Crippen LogP contribution in [0.5, 0.6) is 0 Å². The molecule has 2 aliphatic carbocycles. The van der Waals surface area contributed by atoms with Crippen molar-refractivity contribution in [3.63, 3.8) is 0 Å². The normalized spacial score (nSPS) is 16.9. The monoisotopic (exact) mass is 222 g/mol. The molecule has 0 bridgehead atoms. The van der Waals surface area contributed by atoms with Crippen molar-refractivity contribution in [2.45, 2.75) is 19.8 Å². The molecule has 2 heteroatoms. The zero-order valence-corrected chi connectivity index (χ0v) is 9.93. The molecule has 0 N–H and O–H groups in total. The first-order valence-corrected chi connectivity index (χ1v) is 6.31. The molecule has 0 radical (unpaired) electrons. The molecule has 2 rings (SSSR count). The molecule has 0 fully saturated rings. The summed E-state index contributed by atoms with van der Waals surface area (Å²) >= 11 is 0.0833. The van der Waals surface area contributed by atoms with E-state index >= 15 is 0 Å². The van der Waals surface area contributed by atoms with Gasteiger partial charge in [0.1, 0.15) is 6.29 Å². The van der Waals surface area contributed by atoms with Crippen molar-refractivity contribution in [1.82, 2.24) is 0 Å². The maximum absolute atomic E-state index is 8.81. The Labute approximate surface area is 94.2 Å². The van der Waals surface area contributed by atoms with Crippen LogP contribution in [-0.2, 0) is 23.9 Å². The van der Waals surface area contributed by atoms with E-state index in [1.807, 2.05) is 0 Å². The summed E-state index contributed by atoms with van der Waals surface area (Å²) in [5, 5.41) is 0. The predicted octanol–water partition coefficient (Wildman–Crippen LogP) is 2.96. The van der Waals surface area contributed by atoms with Crippen LogP contribution in [-0.4, -0.2) is 6.29 Å². The van der Waals surface area contributed by atoms with E-state index in [1.165, 1.54) is 19.8 Å². The van der Waals surface area contributed by atoms with Crippen LogP contribution in [0.1, 0.15) is 19.8 Å². The molecule has 0 aliphatic heterocycles. The Kier molecular flexibility index (Phi) is 5.50. The van der Waals surface area contributed by atoms with Gasteiger partial charge in [-0.05, 0) is 6.92 Å². The second kappa shape index (κ2) is 6.75. The first-order chi connectivity index (χ1) is 6.86. The molecular weight excluding hydrogens is 208 g/mol. The largest absolute Gasteiger partial charge is 0.304 e. The second-order valence-electron chi connectivity index (χ2n) is 3.01. The number of hydrogen-bond acceptors (Lipinski definition) is 1. The van der Waals surface area contributed by atoms with Gasteiger partial charge in [0.05, 0.1) is 0 Å². The molecule has 0 aromatic rings. The Balaban J connectivity index is 0.000000293. The average molecular weight is 222 g/mol. The molecule has 0 spiro atoms. The molecule has 0 amide bonds. The zero-order valence-electron chi connectivity index (χ0n) is 8.36. The van der Waals surface area contributed by atoms with Crippen molar-refractivity contribution in [3.05, 3.63) is 44.2 Å². The van der Waals surface area contributed by atoms with Gasteiger partial charge in [-0.1, -0.05) is 0 Å². The molecule has 0 aromatic carbocycles. The number of rotatable bonds is 2. The van der Waals surface area contributed by atoms with Gasteiger partial charge in [-0.15, -0.1) is 0 Å². The number of allylic oxidation sites excluding steroid dienone is 8. The minimum absolute atomic E-state index is 0.0833. The summed E-state index contributed by atoms with van der Waals surface area (Å²) in [5.41, 5.74) is 0. The Morgan fingerprint density at radius 2 is 1.57 bits per heavy atom. The summed E-state index contributed by atoms with van der Waals surface area (Å²) in [4.78, 5) is 8.81. The van der Waals surface area contributed by atoms with Gasteiger partial charge in [-0.2, -0.15) is 0 Å². The van der Waals surface area contributed by atoms with Crippen LogP contribution in [0.4, 0.5) is 0 Å². The molecule has 0 atom stereocenters. The average Bonchev–Trinajstić information content (AvgIpc) is 2.79. The number of hydrogen-bond donors (Lipinski definition) is 0. The number of aldehydes is 1. The zero-order chi connectivity index (χ0) is 10.2. The van der Waals surface area contributed by atoms with E-state index in [0.29, 0.717) is 0 Å². The van der Waals surface area contributed by atoms with Gasteiger partial charge in [-0.25, -0.2) is 0 Å². The van der Waals surface area contributed by atoms with Crippen LogP contribution in [0.2, 0.25) is 0 Å². The summed E-state index contributed by atoms with van der Waals surface area (Å²) in [5.74, 6) is 0. The van der Waals surface area contributed by atoms with E-state index in [4.69, 9.17) is 4.79 Å². The van der Waals surface area contributed by atoms with E-state index in [9.17, 15) is 0 Å². The van der Waals surface area contributed by atoms with Crippen molar-refractivity contribution in [2.75, 3.05) is 0 Å². The predicted molar refractivity (Wildman–Crippen MR) is 55.4 cm³/mol. The third kappa shape index (κ3) is 4.04. The van der Waals surface area contributed by atoms with Gasteiger partial charge in [-0.3, -0.25) is 0 Å². The quantitative estimate of drug-likeness (QED) is 0.518. The molecule has 0 unspecified atom stereocenters. The molecule has 0 saturated heterocycles. The fourth-order valence-corrected chi connectivity index (χ4v) is 3.18. The van der Waals surface area contributed by atoms with Crippen molar-refractivity contribution in [2.24, 2.45) is 0 Å². The second-order valence-corrected chi connectivity index (χ2v) is 5.41. The minimum Gasteiger partial charge on any atom is -0.304 e. The standard InChI is InChI=1S/2C5H5.C2H4O.Ti/c2*1-2-4-5-3-1;1-2-3;/h2*1-3H,4H2;2H,1H3;. The van der Waals surface area contributed by atoms with E-state index in [1.54, 1.807) is 7.76 Å². The fraction of sp³-hybridized carbons (Fsp3) is 0.250. The summed E-state index contributed by atoms with van der Waals surface area (Å²) in [6.07, 6.45) is 16.6. The fourth-order valence-electron chi connectivity index (χ4n) is 1.29. The van der Waals surface area contributed by atoms with Crippen LogP contribution < -0.4 is 0 Å². The summed E-state index contributed by atoms with van der Waals surface area (Å²) in [6, 6.07) is 0. The smallest absolute Gasteiger partial charge is 0.116 e. The van der Waals surface area contributed by atoms with Gasteiger partial charge in [0.15, 0.2) is 0 Å². The maximum atomic E-state index is 8.81. The molecular formula is C12H14OTi. The van der Waals surface area contributed by atoms with Crippen molar-refractivity contribution in [1.29, 1.82) is 0 Å². The summed E-state index contributed by atoms with van der Waals surface area (Å²) < 4.78 is 3.36. The minimum atomic E-state index is 0.0833. The van der Waals surface area contributed by atoms with E-state index in [2.05, 4.69) is 36.5 Å². The SMILES string of the molecule is C1=CC[C]([Ti][C]2=CC=CC2)=C1.CC=O. The van der Waals surface area contributed by atoms with E-state index in [0.717, 1.165) is 6.29 Å². The molecule has 0 aromatic heterocycles. The number of carbonyl (C=O) groups excluding carboxylic acids is 1. The molecule has 14 heavy (non-hydrogen) atoms. The Morgan fingerprint density at radius 3 is 1.86 bits per heavy atom. The Morgan fingerprint density at radius 1 is 1.14 bits per heavy atom. The summed E-state index contributed by atoms with van der Waals surface area (Å²) in [7, 11) is 0. The first kappa shape index (κ1) is 11.4. The molecule has 0 heterocycles. The van der Waals surface area contributed by atoms with Gasteiger partial charge >= 0.3 is 76.2 Å². The first-order valence-electron chi connectivity index (χ1n) is 4.75. The van der Waals surface area contributed by atoms with Crippen LogP contribution in [0.3, 0.4) is 0 Å². The third-order valence-electron chi connectivity index (χ3n) is 1.86. The van der Waals surface area contributed by atoms with E-state index in [-0.39, 0.29) is 19.2 Å². The Hall–Kier alpha value is -0.656. The summed E-state index contributed by atoms with van der Waals surface area (Å²) in [6.45, 7) is 1.44.